The molecule has 2 heterocycles. The monoisotopic (exact) mass is 552 g/mol. The molecule has 1 fully saturated rings. The molecule has 1 atom stereocenters. The van der Waals surface area contributed by atoms with Crippen LogP contribution in [0.15, 0.2) is 53.4 Å². The minimum atomic E-state index is -3.73. The molecule has 0 saturated carbocycles. The molecule has 1 aromatic heterocycles. The van der Waals surface area contributed by atoms with E-state index in [9.17, 15) is 8.42 Å². The highest BCUT2D eigenvalue weighted by Gasteiger charge is 2.34. The number of aromatic nitrogens is 2. The first-order valence-corrected chi connectivity index (χ1v) is 13.8. The van der Waals surface area contributed by atoms with Gasteiger partial charge in [-0.1, -0.05) is 47.5 Å². The third kappa shape index (κ3) is 6.04. The van der Waals surface area contributed by atoms with Gasteiger partial charge in [-0.25, -0.2) is 8.42 Å². The van der Waals surface area contributed by atoms with E-state index in [4.69, 9.17) is 32.7 Å². The van der Waals surface area contributed by atoms with Crippen molar-refractivity contribution < 1.29 is 17.9 Å². The molecule has 4 rings (SSSR count). The molecular formula is C25H30Cl2N4O4S. The fourth-order valence-electron chi connectivity index (χ4n) is 4.31. The fraction of sp³-hybridized carbons (Fsp3) is 0.400. The van der Waals surface area contributed by atoms with Crippen LogP contribution in [-0.4, -0.2) is 67.2 Å². The zero-order chi connectivity index (χ0) is 25.9. The number of benzene rings is 2. The lowest BCUT2D eigenvalue weighted by molar-refractivity contribution is 0.00767. The van der Waals surface area contributed by atoms with Crippen molar-refractivity contribution in [2.24, 2.45) is 7.05 Å². The van der Waals surface area contributed by atoms with Gasteiger partial charge in [-0.05, 0) is 42.3 Å². The standard InChI is InChI=1S/C25H30Cl2N4O4S/c1-18-24(25(27)29(2)28-18)36(32,33)31-13-11-30(12-14-31)16-23(20-7-9-21(26)10-8-20)35-17-19-5-4-6-22(15-19)34-3/h4-10,15,23H,11-14,16-17H2,1-3H3/t23-/m1/s1. The van der Waals surface area contributed by atoms with Crippen LogP contribution in [0.1, 0.15) is 22.9 Å². The van der Waals surface area contributed by atoms with E-state index in [1.807, 2.05) is 48.5 Å². The minimum Gasteiger partial charge on any atom is -0.497 e. The molecule has 0 spiro atoms. The van der Waals surface area contributed by atoms with Crippen LogP contribution in [0.5, 0.6) is 5.75 Å². The second-order valence-corrected chi connectivity index (χ2v) is 11.4. The summed E-state index contributed by atoms with van der Waals surface area (Å²) in [6, 6.07) is 15.4. The van der Waals surface area contributed by atoms with Crippen LogP contribution in [0, 0.1) is 6.92 Å². The number of methoxy groups -OCH3 is 1. The highest BCUT2D eigenvalue weighted by molar-refractivity contribution is 7.89. The van der Waals surface area contributed by atoms with Gasteiger partial charge in [-0.2, -0.15) is 9.40 Å². The van der Waals surface area contributed by atoms with Gasteiger partial charge in [0.1, 0.15) is 15.8 Å². The molecule has 1 saturated heterocycles. The van der Waals surface area contributed by atoms with Crippen LogP contribution < -0.4 is 4.74 Å². The first-order valence-electron chi connectivity index (χ1n) is 11.6. The Morgan fingerprint density at radius 2 is 1.75 bits per heavy atom. The van der Waals surface area contributed by atoms with Gasteiger partial charge in [0, 0.05) is 44.8 Å². The van der Waals surface area contributed by atoms with E-state index in [0.29, 0.717) is 50.0 Å². The summed E-state index contributed by atoms with van der Waals surface area (Å²) in [4.78, 5) is 2.30. The second-order valence-electron chi connectivity index (χ2n) is 8.74. The van der Waals surface area contributed by atoms with Crippen LogP contribution in [0.25, 0.3) is 0 Å². The van der Waals surface area contributed by atoms with Crippen molar-refractivity contribution in [2.75, 3.05) is 39.8 Å². The SMILES string of the molecule is COc1cccc(CO[C@H](CN2CCN(S(=O)(=O)c3c(C)nn(C)c3Cl)CC2)c2ccc(Cl)cc2)c1. The molecule has 0 radical (unpaired) electrons. The minimum absolute atomic E-state index is 0.0841. The number of ether oxygens (including phenoxy) is 2. The molecule has 36 heavy (non-hydrogen) atoms. The number of halogens is 2. The average Bonchev–Trinajstić information content (AvgIpc) is 3.14. The maximum Gasteiger partial charge on any atom is 0.248 e. The summed E-state index contributed by atoms with van der Waals surface area (Å²) in [5, 5.41) is 4.95. The van der Waals surface area contributed by atoms with Crippen molar-refractivity contribution in [3.8, 4) is 5.75 Å². The number of hydrogen-bond acceptors (Lipinski definition) is 6. The van der Waals surface area contributed by atoms with Crippen molar-refractivity contribution in [1.29, 1.82) is 0 Å². The summed E-state index contributed by atoms with van der Waals surface area (Å²) < 4.78 is 41.1. The summed E-state index contributed by atoms with van der Waals surface area (Å²) in [6.45, 7) is 4.55. The number of sulfonamides is 1. The molecule has 8 nitrogen and oxygen atoms in total. The molecule has 194 valence electrons. The lowest BCUT2D eigenvalue weighted by Crippen LogP contribution is -2.49. The third-order valence-electron chi connectivity index (χ3n) is 6.28. The van der Waals surface area contributed by atoms with Crippen molar-refractivity contribution in [3.05, 3.63) is 75.5 Å². The molecule has 11 heteroatoms. The predicted octanol–water partition coefficient (Wildman–Crippen LogP) is 4.31. The molecule has 0 bridgehead atoms. The molecule has 0 unspecified atom stereocenters. The van der Waals surface area contributed by atoms with Gasteiger partial charge in [-0.3, -0.25) is 9.58 Å². The summed E-state index contributed by atoms with van der Waals surface area (Å²) in [5.74, 6) is 0.778. The van der Waals surface area contributed by atoms with Crippen LogP contribution in [0.3, 0.4) is 0 Å². The molecule has 3 aromatic rings. The van der Waals surface area contributed by atoms with E-state index in [1.165, 1.54) is 8.99 Å². The summed E-state index contributed by atoms with van der Waals surface area (Å²) in [5.41, 5.74) is 2.42. The summed E-state index contributed by atoms with van der Waals surface area (Å²) >= 11 is 12.4. The summed E-state index contributed by atoms with van der Waals surface area (Å²) in [7, 11) is -0.458. The van der Waals surface area contributed by atoms with E-state index in [2.05, 4.69) is 10.00 Å². The van der Waals surface area contributed by atoms with Gasteiger partial charge in [0.25, 0.3) is 0 Å². The molecule has 0 amide bonds. The average molecular weight is 554 g/mol. The van der Waals surface area contributed by atoms with Crippen molar-refractivity contribution in [2.45, 2.75) is 24.5 Å². The molecule has 0 aliphatic carbocycles. The third-order valence-corrected chi connectivity index (χ3v) is 9.13. The Kier molecular flexibility index (Phi) is 8.59. The Morgan fingerprint density at radius 1 is 1.06 bits per heavy atom. The highest BCUT2D eigenvalue weighted by Crippen LogP contribution is 2.29. The van der Waals surface area contributed by atoms with E-state index in [0.717, 1.165) is 16.9 Å². The Balaban J connectivity index is 1.44. The first-order chi connectivity index (χ1) is 17.2. The second kappa shape index (κ2) is 11.5. The van der Waals surface area contributed by atoms with Gasteiger partial charge in [0.2, 0.25) is 10.0 Å². The molecule has 1 aliphatic heterocycles. The lowest BCUT2D eigenvalue weighted by Gasteiger charge is -2.35. The molecular weight excluding hydrogens is 523 g/mol. The first kappa shape index (κ1) is 26.9. The smallest absolute Gasteiger partial charge is 0.248 e. The van der Waals surface area contributed by atoms with Crippen LogP contribution >= 0.6 is 23.2 Å². The predicted molar refractivity (Wildman–Crippen MR) is 140 cm³/mol. The van der Waals surface area contributed by atoms with E-state index in [1.54, 1.807) is 21.1 Å². The van der Waals surface area contributed by atoms with Crippen LogP contribution in [0.2, 0.25) is 10.2 Å². The van der Waals surface area contributed by atoms with E-state index >= 15 is 0 Å². The topological polar surface area (TPSA) is 76.9 Å². The maximum atomic E-state index is 13.3. The highest BCUT2D eigenvalue weighted by atomic mass is 35.5. The Hall–Kier alpha value is -2.14. The number of hydrogen-bond donors (Lipinski definition) is 0. The van der Waals surface area contributed by atoms with Gasteiger partial charge >= 0.3 is 0 Å². The molecule has 2 aromatic carbocycles. The van der Waals surface area contributed by atoms with Crippen molar-refractivity contribution in [3.63, 3.8) is 0 Å². The molecule has 0 N–H and O–H groups in total. The van der Waals surface area contributed by atoms with Gasteiger partial charge in [-0.15, -0.1) is 0 Å². The zero-order valence-electron chi connectivity index (χ0n) is 20.5. The number of nitrogens with zero attached hydrogens (tertiary/aromatic N) is 4. The Morgan fingerprint density at radius 3 is 2.36 bits per heavy atom. The van der Waals surface area contributed by atoms with Crippen molar-refractivity contribution in [1.82, 2.24) is 19.0 Å². The van der Waals surface area contributed by atoms with Gasteiger partial charge in [0.15, 0.2) is 0 Å². The Bertz CT molecular complexity index is 1290. The summed E-state index contributed by atoms with van der Waals surface area (Å²) in [6.07, 6.45) is -0.216. The lowest BCUT2D eigenvalue weighted by atomic mass is 10.1. The largest absolute Gasteiger partial charge is 0.497 e. The number of piperazine rings is 1. The number of rotatable bonds is 9. The Labute approximate surface area is 222 Å². The zero-order valence-corrected chi connectivity index (χ0v) is 22.9. The van der Waals surface area contributed by atoms with E-state index in [-0.39, 0.29) is 16.2 Å². The maximum absolute atomic E-state index is 13.3. The van der Waals surface area contributed by atoms with Crippen LogP contribution in [-0.2, 0) is 28.4 Å². The molecule has 1 aliphatic rings. The van der Waals surface area contributed by atoms with Crippen LogP contribution in [0.4, 0.5) is 0 Å². The quantitative estimate of drug-likeness (QED) is 0.393. The van der Waals surface area contributed by atoms with E-state index < -0.39 is 10.0 Å². The van der Waals surface area contributed by atoms with Crippen molar-refractivity contribution >= 4 is 33.2 Å². The van der Waals surface area contributed by atoms with Gasteiger partial charge in [0.05, 0.1) is 25.5 Å². The fourth-order valence-corrected chi connectivity index (χ4v) is 6.56. The number of aryl methyl sites for hydroxylation is 2. The van der Waals surface area contributed by atoms with Gasteiger partial charge < -0.3 is 9.47 Å². The normalized spacial score (nSPS) is 16.2.